The molecule has 20 heavy (non-hydrogen) atoms. The molecule has 0 spiro atoms. The van der Waals surface area contributed by atoms with Crippen LogP contribution in [0.15, 0.2) is 0 Å². The van der Waals surface area contributed by atoms with E-state index >= 15 is 0 Å². The minimum atomic E-state index is -0.595. The van der Waals surface area contributed by atoms with Gasteiger partial charge in [-0.25, -0.2) is 10.1 Å². The van der Waals surface area contributed by atoms with Gasteiger partial charge in [0.05, 0.1) is 19.3 Å². The maximum absolute atomic E-state index is 8.78. The topological polar surface area (TPSA) is 57.2 Å². The van der Waals surface area contributed by atoms with E-state index < -0.39 is 6.29 Å². The molecule has 5 nitrogen and oxygen atoms in total. The molecule has 0 aliphatic rings. The molecular formula is C15H32O5. The van der Waals surface area contributed by atoms with E-state index in [1.54, 1.807) is 14.2 Å². The highest BCUT2D eigenvalue weighted by Crippen LogP contribution is 2.15. The summed E-state index contributed by atoms with van der Waals surface area (Å²) in [5, 5.41) is 8.78. The van der Waals surface area contributed by atoms with Gasteiger partial charge in [-0.1, -0.05) is 39.0 Å². The van der Waals surface area contributed by atoms with E-state index in [0.29, 0.717) is 19.6 Å². The van der Waals surface area contributed by atoms with Crippen molar-refractivity contribution in [3.05, 3.63) is 0 Å². The van der Waals surface area contributed by atoms with Gasteiger partial charge in [-0.15, -0.1) is 0 Å². The average molecular weight is 292 g/mol. The SMILES string of the molecule is CCCCCCCC(CCC(OO)OCCOC)OC. The van der Waals surface area contributed by atoms with Crippen molar-refractivity contribution < 1.29 is 24.4 Å². The Hall–Kier alpha value is -0.200. The van der Waals surface area contributed by atoms with Crippen LogP contribution in [0.4, 0.5) is 0 Å². The lowest BCUT2D eigenvalue weighted by Crippen LogP contribution is -2.21. The molecule has 0 rings (SSSR count). The van der Waals surface area contributed by atoms with Crippen LogP contribution in [-0.2, 0) is 19.1 Å². The Morgan fingerprint density at radius 3 is 2.25 bits per heavy atom. The first kappa shape index (κ1) is 19.8. The Bertz CT molecular complexity index is 189. The van der Waals surface area contributed by atoms with E-state index in [0.717, 1.165) is 12.8 Å². The number of unbranched alkanes of at least 4 members (excludes halogenated alkanes) is 4. The van der Waals surface area contributed by atoms with E-state index in [1.165, 1.54) is 32.1 Å². The van der Waals surface area contributed by atoms with E-state index in [-0.39, 0.29) is 6.10 Å². The van der Waals surface area contributed by atoms with Crippen LogP contribution in [-0.4, -0.2) is 45.1 Å². The third-order valence-corrected chi connectivity index (χ3v) is 3.40. The molecule has 122 valence electrons. The first-order chi connectivity index (χ1) is 9.78. The van der Waals surface area contributed by atoms with Crippen molar-refractivity contribution in [3.8, 4) is 0 Å². The quantitative estimate of drug-likeness (QED) is 0.216. The van der Waals surface area contributed by atoms with Crippen LogP contribution >= 0.6 is 0 Å². The molecule has 0 saturated heterocycles. The highest BCUT2D eigenvalue weighted by molar-refractivity contribution is 4.60. The van der Waals surface area contributed by atoms with Gasteiger partial charge in [0.1, 0.15) is 0 Å². The molecule has 0 aromatic heterocycles. The maximum atomic E-state index is 8.78. The number of rotatable bonds is 15. The second-order valence-electron chi connectivity index (χ2n) is 5.04. The molecule has 2 atom stereocenters. The smallest absolute Gasteiger partial charge is 0.191 e. The maximum Gasteiger partial charge on any atom is 0.191 e. The largest absolute Gasteiger partial charge is 0.382 e. The van der Waals surface area contributed by atoms with E-state index in [2.05, 4.69) is 11.8 Å². The third-order valence-electron chi connectivity index (χ3n) is 3.40. The van der Waals surface area contributed by atoms with Crippen molar-refractivity contribution in [1.29, 1.82) is 0 Å². The van der Waals surface area contributed by atoms with Crippen LogP contribution in [0.2, 0.25) is 0 Å². The second kappa shape index (κ2) is 15.2. The van der Waals surface area contributed by atoms with Gasteiger partial charge in [-0.3, -0.25) is 0 Å². The normalized spacial score (nSPS) is 14.4. The van der Waals surface area contributed by atoms with Gasteiger partial charge in [0.25, 0.3) is 0 Å². The second-order valence-corrected chi connectivity index (χ2v) is 5.04. The van der Waals surface area contributed by atoms with Crippen molar-refractivity contribution in [3.63, 3.8) is 0 Å². The molecule has 0 aliphatic heterocycles. The molecule has 0 fully saturated rings. The zero-order chi connectivity index (χ0) is 15.1. The first-order valence-corrected chi connectivity index (χ1v) is 7.72. The van der Waals surface area contributed by atoms with Gasteiger partial charge < -0.3 is 14.2 Å². The highest BCUT2D eigenvalue weighted by Gasteiger charge is 2.14. The molecule has 0 aromatic carbocycles. The molecule has 0 saturated carbocycles. The van der Waals surface area contributed by atoms with Gasteiger partial charge >= 0.3 is 0 Å². The Kier molecular flexibility index (Phi) is 15.0. The van der Waals surface area contributed by atoms with Crippen molar-refractivity contribution in [2.45, 2.75) is 70.7 Å². The minimum absolute atomic E-state index is 0.209. The summed E-state index contributed by atoms with van der Waals surface area (Å²) in [6, 6.07) is 0. The van der Waals surface area contributed by atoms with Crippen LogP contribution in [0.5, 0.6) is 0 Å². The summed E-state index contributed by atoms with van der Waals surface area (Å²) < 4.78 is 15.7. The van der Waals surface area contributed by atoms with Gasteiger partial charge in [0.15, 0.2) is 6.29 Å². The summed E-state index contributed by atoms with van der Waals surface area (Å²) in [6.45, 7) is 3.12. The van der Waals surface area contributed by atoms with Crippen LogP contribution in [0.1, 0.15) is 58.3 Å². The van der Waals surface area contributed by atoms with E-state index in [9.17, 15) is 0 Å². The summed E-state index contributed by atoms with van der Waals surface area (Å²) >= 11 is 0. The third kappa shape index (κ3) is 11.6. The van der Waals surface area contributed by atoms with Gasteiger partial charge in [0, 0.05) is 20.6 Å². The van der Waals surface area contributed by atoms with Gasteiger partial charge in [-0.05, 0) is 12.8 Å². The number of hydrogen-bond acceptors (Lipinski definition) is 5. The van der Waals surface area contributed by atoms with Gasteiger partial charge in [-0.2, -0.15) is 0 Å². The fourth-order valence-corrected chi connectivity index (χ4v) is 2.11. The van der Waals surface area contributed by atoms with E-state index in [1.807, 2.05) is 0 Å². The summed E-state index contributed by atoms with van der Waals surface area (Å²) in [5.41, 5.74) is 0. The fourth-order valence-electron chi connectivity index (χ4n) is 2.11. The molecule has 0 bridgehead atoms. The van der Waals surface area contributed by atoms with Crippen molar-refractivity contribution in [2.75, 3.05) is 27.4 Å². The fraction of sp³-hybridized carbons (Fsp3) is 1.00. The predicted octanol–water partition coefficient (Wildman–Crippen LogP) is 3.62. The van der Waals surface area contributed by atoms with Crippen LogP contribution in [0.3, 0.4) is 0 Å². The summed E-state index contributed by atoms with van der Waals surface area (Å²) in [5.74, 6) is 0. The molecule has 0 heterocycles. The minimum Gasteiger partial charge on any atom is -0.382 e. The highest BCUT2D eigenvalue weighted by atomic mass is 17.1. The Balaban J connectivity index is 3.68. The van der Waals surface area contributed by atoms with Crippen LogP contribution in [0.25, 0.3) is 0 Å². The molecule has 0 radical (unpaired) electrons. The lowest BCUT2D eigenvalue weighted by atomic mass is 10.0. The zero-order valence-corrected chi connectivity index (χ0v) is 13.3. The first-order valence-electron chi connectivity index (χ1n) is 7.72. The molecule has 5 heteroatoms. The monoisotopic (exact) mass is 292 g/mol. The molecular weight excluding hydrogens is 260 g/mol. The van der Waals surface area contributed by atoms with Crippen LogP contribution < -0.4 is 0 Å². The number of methoxy groups -OCH3 is 2. The summed E-state index contributed by atoms with van der Waals surface area (Å²) in [6.07, 6.45) is 8.43. The van der Waals surface area contributed by atoms with Gasteiger partial charge in [0.2, 0.25) is 0 Å². The summed E-state index contributed by atoms with van der Waals surface area (Å²) in [4.78, 5) is 4.32. The Labute approximate surface area is 123 Å². The van der Waals surface area contributed by atoms with E-state index in [4.69, 9.17) is 19.5 Å². The standard InChI is InChI=1S/C15H32O5/c1-4-5-6-7-8-9-14(18-3)10-11-15(20-16)19-13-12-17-2/h14-16H,4-13H2,1-3H3. The molecule has 0 aliphatic carbocycles. The lowest BCUT2D eigenvalue weighted by Gasteiger charge is -2.19. The number of ether oxygens (including phenoxy) is 3. The molecule has 1 N–H and O–H groups in total. The lowest BCUT2D eigenvalue weighted by molar-refractivity contribution is -0.348. The zero-order valence-electron chi connectivity index (χ0n) is 13.3. The Morgan fingerprint density at radius 1 is 0.900 bits per heavy atom. The predicted molar refractivity (Wildman–Crippen MR) is 78.7 cm³/mol. The van der Waals surface area contributed by atoms with Crippen molar-refractivity contribution >= 4 is 0 Å². The number of hydrogen-bond donors (Lipinski definition) is 1. The van der Waals surface area contributed by atoms with Crippen LogP contribution in [0, 0.1) is 0 Å². The molecule has 0 amide bonds. The average Bonchev–Trinajstić information content (AvgIpc) is 2.48. The molecule has 2 unspecified atom stereocenters. The van der Waals surface area contributed by atoms with Crippen molar-refractivity contribution in [1.82, 2.24) is 0 Å². The Morgan fingerprint density at radius 2 is 1.65 bits per heavy atom. The molecule has 0 aromatic rings. The summed E-state index contributed by atoms with van der Waals surface area (Å²) in [7, 11) is 3.34. The van der Waals surface area contributed by atoms with Crippen molar-refractivity contribution in [2.24, 2.45) is 0 Å².